The summed E-state index contributed by atoms with van der Waals surface area (Å²) in [7, 11) is 1.78. The van der Waals surface area contributed by atoms with Crippen LogP contribution in [0, 0.1) is 18.3 Å². The molecular weight excluding hydrogens is 1010 g/mol. The van der Waals surface area contributed by atoms with Crippen molar-refractivity contribution in [1.29, 1.82) is 0 Å². The number of likely N-dealkylation sites (N-methyl/N-ethyl adjacent to an activating group) is 1. The van der Waals surface area contributed by atoms with E-state index in [1.807, 2.05) is 87.3 Å². The number of benzene rings is 4. The monoisotopic (exact) mass is 1090 g/mol. The Morgan fingerprint density at radius 1 is 0.885 bits per heavy atom. The van der Waals surface area contributed by atoms with Gasteiger partial charge in [0.05, 0.1) is 44.5 Å². The SMILES string of the molecule is CC[C@](O)(COS(=O)(=O)c1ccc(C)cc1)C[C@H]1CC[C@](C(=O)OC)(c2cc3c(cc2OC)N(C)[C@H]2[C@@](O)(C(=O)OC)[C@H](OC(C)=O)[C@]4(CC)C=CCN5CC[C@]32[C@@H]54)c2[nH]c3ccccc3c2CCN(Cc2ccccc2)C1. The summed E-state index contributed by atoms with van der Waals surface area (Å²) in [5.74, 6) is -2.09. The van der Waals surface area contributed by atoms with Crippen molar-refractivity contribution in [3.05, 3.63) is 137 Å². The summed E-state index contributed by atoms with van der Waals surface area (Å²) in [6, 6.07) is 27.2. The highest BCUT2D eigenvalue weighted by molar-refractivity contribution is 7.86. The van der Waals surface area contributed by atoms with Crippen LogP contribution >= 0.6 is 0 Å². The number of aliphatic hydroxyl groups is 2. The number of aromatic amines is 1. The molecule has 4 aromatic carbocycles. The number of hydrogen-bond acceptors (Lipinski definition) is 15. The van der Waals surface area contributed by atoms with Gasteiger partial charge in [0.1, 0.15) is 11.2 Å². The molecule has 16 nitrogen and oxygen atoms in total. The van der Waals surface area contributed by atoms with Crippen LogP contribution in [-0.4, -0.2) is 142 Å². The number of carbonyl (C=O) groups is 3. The molecule has 5 heterocycles. The van der Waals surface area contributed by atoms with Crippen LogP contribution in [0.1, 0.15) is 92.8 Å². The molecular formula is C61H74N4O12S. The van der Waals surface area contributed by atoms with Crippen LogP contribution in [0.3, 0.4) is 0 Å². The van der Waals surface area contributed by atoms with Crippen LogP contribution < -0.4 is 9.64 Å². The van der Waals surface area contributed by atoms with Gasteiger partial charge >= 0.3 is 17.9 Å². The second-order valence-electron chi connectivity index (χ2n) is 22.6. The molecule has 0 unspecified atom stereocenters. The molecule has 3 N–H and O–H groups in total. The van der Waals surface area contributed by atoms with Crippen molar-refractivity contribution in [2.45, 2.75) is 124 Å². The van der Waals surface area contributed by atoms with E-state index in [0.29, 0.717) is 81.1 Å². The first kappa shape index (κ1) is 55.2. The fourth-order valence-electron chi connectivity index (χ4n) is 15.0. The van der Waals surface area contributed by atoms with Gasteiger partial charge in [0, 0.05) is 90.9 Å². The summed E-state index contributed by atoms with van der Waals surface area (Å²) in [6.45, 7) is 9.29. The van der Waals surface area contributed by atoms with Crippen molar-refractivity contribution in [1.82, 2.24) is 14.8 Å². The van der Waals surface area contributed by atoms with E-state index in [4.69, 9.17) is 23.1 Å². The van der Waals surface area contributed by atoms with Crippen molar-refractivity contribution in [2.75, 3.05) is 66.1 Å². The number of nitrogens with one attached hydrogen (secondary N) is 1. The summed E-state index contributed by atoms with van der Waals surface area (Å²) < 4.78 is 57.3. The van der Waals surface area contributed by atoms with Crippen molar-refractivity contribution in [2.24, 2.45) is 11.3 Å². The van der Waals surface area contributed by atoms with Crippen molar-refractivity contribution in [3.63, 3.8) is 0 Å². The van der Waals surface area contributed by atoms with Gasteiger partial charge in [0.25, 0.3) is 10.1 Å². The molecule has 9 atom stereocenters. The second kappa shape index (κ2) is 20.9. The number of para-hydroxylation sites is 1. The highest BCUT2D eigenvalue weighted by Crippen LogP contribution is 2.68. The molecule has 2 fully saturated rings. The first-order chi connectivity index (χ1) is 37.3. The average molecular weight is 1090 g/mol. The molecule has 1 saturated heterocycles. The predicted octanol–water partition coefficient (Wildman–Crippen LogP) is 7.28. The third kappa shape index (κ3) is 8.74. The highest BCUT2D eigenvalue weighted by Gasteiger charge is 2.80. The minimum Gasteiger partial charge on any atom is -0.496 e. The maximum Gasteiger partial charge on any atom is 0.344 e. The minimum atomic E-state index is -4.24. The lowest BCUT2D eigenvalue weighted by Crippen LogP contribution is -2.81. The zero-order valence-corrected chi connectivity index (χ0v) is 46.9. The lowest BCUT2D eigenvalue weighted by Gasteiger charge is -2.63. The first-order valence-electron chi connectivity index (χ1n) is 27.3. The number of esters is 3. The maximum atomic E-state index is 15.9. The molecule has 0 amide bonds. The molecule has 5 aliphatic rings. The Kier molecular flexibility index (Phi) is 14.8. The lowest BCUT2D eigenvalue weighted by atomic mass is 9.47. The predicted molar refractivity (Wildman–Crippen MR) is 295 cm³/mol. The Bertz CT molecular complexity index is 3240. The molecule has 17 heteroatoms. The number of H-pyrrole nitrogens is 1. The number of fused-ring (bicyclic) bond motifs is 4. The topological polar surface area (TPSA) is 197 Å². The van der Waals surface area contributed by atoms with E-state index in [1.165, 1.54) is 33.3 Å². The van der Waals surface area contributed by atoms with Crippen LogP contribution in [0.2, 0.25) is 0 Å². The standard InChI is InChI=1S/C61H74N4O12S/c1-9-57(69,38-76-78(71,72)43-23-21-39(3)22-24-43)35-42-25-28-59(55(67)74-7,51-45(44-19-14-15-20-48(44)62-51)26-31-64(37-42)36-41-17-12-11-13-18-41)47-33-46-49(34-50(47)73-6)63(5)53-60(46)29-32-65-30-16-27-58(10-2,52(60)65)54(77-40(4)66)61(53,70)56(68)75-8/h11-24,27,33-34,42,52-54,62,69-70H,9-10,25-26,28-32,35-38H2,1-8H3/t42-,52+,53-,54-,57-,58-,59+,60-,61+/m1/s1. The Hall–Kier alpha value is -6.08. The molecule has 0 bridgehead atoms. The maximum absolute atomic E-state index is 15.9. The highest BCUT2D eigenvalue weighted by atomic mass is 32.2. The summed E-state index contributed by atoms with van der Waals surface area (Å²) in [5, 5.41) is 27.1. The number of carbonyl (C=O) groups excluding carboxylic acids is 3. The second-order valence-corrected chi connectivity index (χ2v) is 24.2. The number of methoxy groups -OCH3 is 3. The normalized spacial score (nSPS) is 28.7. The van der Waals surface area contributed by atoms with Gasteiger partial charge < -0.3 is 39.0 Å². The number of aromatic nitrogens is 1. The smallest absolute Gasteiger partial charge is 0.344 e. The van der Waals surface area contributed by atoms with Gasteiger partial charge in [0.2, 0.25) is 5.60 Å². The van der Waals surface area contributed by atoms with Crippen molar-refractivity contribution in [3.8, 4) is 5.75 Å². The lowest BCUT2D eigenvalue weighted by molar-refractivity contribution is -0.228. The quantitative estimate of drug-likeness (QED) is 0.0409. The molecule has 0 radical (unpaired) electrons. The number of hydrogen-bond donors (Lipinski definition) is 3. The molecule has 416 valence electrons. The van der Waals surface area contributed by atoms with E-state index >= 15 is 4.79 Å². The van der Waals surface area contributed by atoms with E-state index in [9.17, 15) is 28.2 Å². The molecule has 4 aliphatic heterocycles. The van der Waals surface area contributed by atoms with Crippen molar-refractivity contribution < 1.29 is 56.1 Å². The Labute approximate surface area is 457 Å². The molecule has 5 aromatic rings. The van der Waals surface area contributed by atoms with Gasteiger partial charge in [-0.05, 0) is 105 Å². The fourth-order valence-corrected chi connectivity index (χ4v) is 16.0. The van der Waals surface area contributed by atoms with E-state index in [2.05, 4.69) is 39.0 Å². The first-order valence-corrected chi connectivity index (χ1v) is 28.7. The van der Waals surface area contributed by atoms with E-state index in [-0.39, 0.29) is 30.1 Å². The molecule has 10 rings (SSSR count). The molecule has 1 spiro atoms. The van der Waals surface area contributed by atoms with E-state index in [1.54, 1.807) is 19.2 Å². The third-order valence-corrected chi connectivity index (χ3v) is 19.7. The Morgan fingerprint density at radius 2 is 1.60 bits per heavy atom. The average Bonchev–Trinajstić information content (AvgIpc) is 3.65. The number of anilines is 1. The molecule has 1 aromatic heterocycles. The van der Waals surface area contributed by atoms with Gasteiger partial charge in [-0.2, -0.15) is 8.42 Å². The van der Waals surface area contributed by atoms with Gasteiger partial charge in [0.15, 0.2) is 6.10 Å². The van der Waals surface area contributed by atoms with Gasteiger partial charge in [-0.1, -0.05) is 92.2 Å². The number of aryl methyl sites for hydroxylation is 1. The summed E-state index contributed by atoms with van der Waals surface area (Å²) in [6.07, 6.45) is 4.91. The number of ether oxygens (including phenoxy) is 4. The summed E-state index contributed by atoms with van der Waals surface area (Å²) in [5.41, 5.74) is -1.32. The van der Waals surface area contributed by atoms with Gasteiger partial charge in [-0.25, -0.2) is 4.79 Å². The minimum absolute atomic E-state index is 0.00492. The zero-order chi connectivity index (χ0) is 55.6. The largest absolute Gasteiger partial charge is 0.496 e. The van der Waals surface area contributed by atoms with E-state index < -0.39 is 80.3 Å². The summed E-state index contributed by atoms with van der Waals surface area (Å²) in [4.78, 5) is 54.2. The van der Waals surface area contributed by atoms with Crippen LogP contribution in [-0.2, 0) is 66.7 Å². The zero-order valence-electron chi connectivity index (χ0n) is 46.0. The van der Waals surface area contributed by atoms with E-state index in [0.717, 1.165) is 33.2 Å². The van der Waals surface area contributed by atoms with Crippen LogP contribution in [0.5, 0.6) is 5.75 Å². The Morgan fingerprint density at radius 3 is 2.28 bits per heavy atom. The molecule has 1 aliphatic carbocycles. The summed E-state index contributed by atoms with van der Waals surface area (Å²) >= 11 is 0. The molecule has 78 heavy (non-hydrogen) atoms. The van der Waals surface area contributed by atoms with Crippen molar-refractivity contribution >= 4 is 44.6 Å². The molecule has 1 saturated carbocycles. The van der Waals surface area contributed by atoms with Crippen LogP contribution in [0.15, 0.2) is 108 Å². The van der Waals surface area contributed by atoms with Crippen LogP contribution in [0.4, 0.5) is 5.69 Å². The van der Waals surface area contributed by atoms with Crippen LogP contribution in [0.25, 0.3) is 10.9 Å². The Balaban J connectivity index is 1.17. The fraction of sp³-hybridized carbons (Fsp3) is 0.492. The number of rotatable bonds is 15. The number of nitrogens with zero attached hydrogens (tertiary/aromatic N) is 3. The third-order valence-electron chi connectivity index (χ3n) is 18.5. The van der Waals surface area contributed by atoms with Gasteiger partial charge in [-0.15, -0.1) is 0 Å². The van der Waals surface area contributed by atoms with Gasteiger partial charge in [-0.3, -0.25) is 23.6 Å².